The number of aliphatic hydroxyl groups excluding tert-OH is 1. The summed E-state index contributed by atoms with van der Waals surface area (Å²) >= 11 is 0. The summed E-state index contributed by atoms with van der Waals surface area (Å²) in [4.78, 5) is 37.3. The van der Waals surface area contributed by atoms with E-state index in [0.29, 0.717) is 17.8 Å². The highest BCUT2D eigenvalue weighted by Crippen LogP contribution is 2.66. The predicted octanol–water partition coefficient (Wildman–Crippen LogP) is 5.31. The fraction of sp³-hybridized carbons (Fsp3) is 0.606. The number of Topliss-reactive ketones (excluding diaryl/α,β-unsaturated/α-hetero) is 1. The summed E-state index contributed by atoms with van der Waals surface area (Å²) < 4.78 is 6.06. The van der Waals surface area contributed by atoms with Crippen LogP contribution in [0, 0.1) is 28.6 Å². The van der Waals surface area contributed by atoms with Crippen molar-refractivity contribution in [3.8, 4) is 5.75 Å². The molecule has 0 spiro atoms. The standard InChI is InChI=1S/C33H43NO6/c1-19-12-14-32(2)22(16-19)6-8-24-25-9-10-27(33(25,3)15-13-26(24)32)40-28(37)11-7-23(36)17-20-4-5-21(18-35)29(30(20)38)31(34)39/h4-5,16,24-27,35,38H,1,6-15,17-18H2,2-3H3,(H2,34,39). The average Bonchev–Trinajstić information content (AvgIpc) is 3.24. The number of primary amides is 1. The molecule has 4 aliphatic carbocycles. The predicted molar refractivity (Wildman–Crippen MR) is 151 cm³/mol. The van der Waals surface area contributed by atoms with Gasteiger partial charge >= 0.3 is 5.97 Å². The van der Waals surface area contributed by atoms with Crippen molar-refractivity contribution in [2.45, 2.75) is 97.2 Å². The van der Waals surface area contributed by atoms with Crippen LogP contribution in [0.2, 0.25) is 0 Å². The van der Waals surface area contributed by atoms with Gasteiger partial charge in [-0.05, 0) is 80.1 Å². The van der Waals surface area contributed by atoms with Crippen LogP contribution in [0.1, 0.15) is 99.5 Å². The number of ketones is 1. The quantitative estimate of drug-likeness (QED) is 0.378. The topological polar surface area (TPSA) is 127 Å². The van der Waals surface area contributed by atoms with Gasteiger partial charge in [0.15, 0.2) is 0 Å². The Labute approximate surface area is 236 Å². The van der Waals surface area contributed by atoms with Crippen molar-refractivity contribution in [1.29, 1.82) is 0 Å². The summed E-state index contributed by atoms with van der Waals surface area (Å²) in [5.74, 6) is 0.0278. The first-order valence-corrected chi connectivity index (χ1v) is 14.8. The lowest BCUT2D eigenvalue weighted by Gasteiger charge is -2.58. The van der Waals surface area contributed by atoms with Gasteiger partial charge in [0.25, 0.3) is 5.91 Å². The Morgan fingerprint density at radius 2 is 1.77 bits per heavy atom. The van der Waals surface area contributed by atoms with Gasteiger partial charge in [-0.25, -0.2) is 0 Å². The van der Waals surface area contributed by atoms with E-state index in [1.807, 2.05) is 0 Å². The third-order valence-corrected chi connectivity index (χ3v) is 11.0. The number of carbonyl (C=O) groups excluding carboxylic acids is 3. The Morgan fingerprint density at radius 1 is 1.02 bits per heavy atom. The number of hydrogen-bond donors (Lipinski definition) is 3. The number of phenols is 1. The lowest BCUT2D eigenvalue weighted by atomic mass is 9.47. The zero-order valence-corrected chi connectivity index (χ0v) is 23.8. The second-order valence-corrected chi connectivity index (χ2v) is 13.1. The van der Waals surface area contributed by atoms with Gasteiger partial charge < -0.3 is 20.7 Å². The maximum absolute atomic E-state index is 12.9. The number of allylic oxidation sites excluding steroid dienone is 3. The number of esters is 1. The van der Waals surface area contributed by atoms with Crippen LogP contribution in [-0.2, 0) is 27.4 Å². The largest absolute Gasteiger partial charge is 0.507 e. The normalized spacial score (nSPS) is 32.9. The summed E-state index contributed by atoms with van der Waals surface area (Å²) in [5, 5.41) is 19.8. The number of ether oxygens (including phenoxy) is 1. The van der Waals surface area contributed by atoms with Crippen LogP contribution in [0.3, 0.4) is 0 Å². The van der Waals surface area contributed by atoms with E-state index in [2.05, 4.69) is 26.5 Å². The maximum Gasteiger partial charge on any atom is 0.306 e. The molecule has 1 aromatic rings. The molecule has 3 fully saturated rings. The number of carbonyl (C=O) groups is 3. The van der Waals surface area contributed by atoms with Gasteiger partial charge in [0.05, 0.1) is 18.6 Å². The van der Waals surface area contributed by atoms with Gasteiger partial charge in [0.2, 0.25) is 0 Å². The first-order valence-electron chi connectivity index (χ1n) is 14.8. The number of nitrogens with two attached hydrogens (primary N) is 1. The summed E-state index contributed by atoms with van der Waals surface area (Å²) in [5.41, 5.74) is 8.71. The van der Waals surface area contributed by atoms with E-state index in [1.54, 1.807) is 5.57 Å². The molecule has 7 nitrogen and oxygen atoms in total. The summed E-state index contributed by atoms with van der Waals surface area (Å²) in [6.07, 6.45) is 10.9. The number of aliphatic hydroxyl groups is 1. The van der Waals surface area contributed by atoms with E-state index in [-0.39, 0.29) is 64.6 Å². The van der Waals surface area contributed by atoms with Crippen molar-refractivity contribution in [2.24, 2.45) is 34.3 Å². The number of rotatable bonds is 8. The molecule has 1 aromatic carbocycles. The molecule has 7 heteroatoms. The highest BCUT2D eigenvalue weighted by molar-refractivity contribution is 5.98. The smallest absolute Gasteiger partial charge is 0.306 e. The molecule has 40 heavy (non-hydrogen) atoms. The van der Waals surface area contributed by atoms with Crippen LogP contribution in [0.4, 0.5) is 0 Å². The van der Waals surface area contributed by atoms with E-state index < -0.39 is 18.3 Å². The van der Waals surface area contributed by atoms with Gasteiger partial charge in [-0.2, -0.15) is 0 Å². The van der Waals surface area contributed by atoms with Crippen molar-refractivity contribution in [3.63, 3.8) is 0 Å². The molecule has 0 bridgehead atoms. The fourth-order valence-corrected chi connectivity index (χ4v) is 8.78. The fourth-order valence-electron chi connectivity index (χ4n) is 8.78. The minimum absolute atomic E-state index is 0.0117. The number of hydrogen-bond acceptors (Lipinski definition) is 6. The van der Waals surface area contributed by atoms with Gasteiger partial charge in [-0.3, -0.25) is 14.4 Å². The van der Waals surface area contributed by atoms with Crippen LogP contribution in [0.15, 0.2) is 35.9 Å². The van der Waals surface area contributed by atoms with Crippen molar-refractivity contribution in [3.05, 3.63) is 52.6 Å². The molecule has 5 rings (SSSR count). The van der Waals surface area contributed by atoms with Crippen LogP contribution in [0.5, 0.6) is 5.75 Å². The highest BCUT2D eigenvalue weighted by atomic mass is 16.5. The zero-order chi connectivity index (χ0) is 28.8. The second kappa shape index (κ2) is 10.8. The minimum Gasteiger partial charge on any atom is -0.507 e. The second-order valence-electron chi connectivity index (χ2n) is 13.1. The third kappa shape index (κ3) is 4.91. The molecule has 0 saturated heterocycles. The van der Waals surface area contributed by atoms with E-state index in [1.165, 1.54) is 30.5 Å². The van der Waals surface area contributed by atoms with Crippen LogP contribution >= 0.6 is 0 Å². The Balaban J connectivity index is 1.18. The number of fused-ring (bicyclic) bond motifs is 5. The van der Waals surface area contributed by atoms with Crippen LogP contribution in [-0.4, -0.2) is 34.0 Å². The Hall–Kier alpha value is -2.93. The van der Waals surface area contributed by atoms with Crippen LogP contribution < -0.4 is 5.73 Å². The summed E-state index contributed by atoms with van der Waals surface area (Å²) in [7, 11) is 0. The molecule has 4 aliphatic rings. The Morgan fingerprint density at radius 3 is 2.50 bits per heavy atom. The van der Waals surface area contributed by atoms with E-state index >= 15 is 0 Å². The SMILES string of the molecule is C=C1C=C2CCC3C(CCC4(C)C(OC(=O)CCC(=O)Cc5ccc(CO)c(C(N)=O)c5O)CCC34)C2(C)CC1. The van der Waals surface area contributed by atoms with Crippen LogP contribution in [0.25, 0.3) is 0 Å². The number of aromatic hydroxyl groups is 1. The molecule has 6 atom stereocenters. The first kappa shape index (κ1) is 28.6. The first-order chi connectivity index (χ1) is 19.0. The lowest BCUT2D eigenvalue weighted by Crippen LogP contribution is -2.51. The van der Waals surface area contributed by atoms with Crippen molar-refractivity contribution >= 4 is 17.7 Å². The number of benzene rings is 1. The molecule has 6 unspecified atom stereocenters. The zero-order valence-electron chi connectivity index (χ0n) is 23.8. The molecule has 1 amide bonds. The molecule has 0 heterocycles. The van der Waals surface area contributed by atoms with Gasteiger partial charge in [-0.1, -0.05) is 49.8 Å². The molecule has 0 aliphatic heterocycles. The molecular formula is C33H43NO6. The number of amides is 1. The van der Waals surface area contributed by atoms with Crippen molar-refractivity contribution in [2.75, 3.05) is 0 Å². The molecule has 0 aromatic heterocycles. The van der Waals surface area contributed by atoms with Crippen molar-refractivity contribution in [1.82, 2.24) is 0 Å². The van der Waals surface area contributed by atoms with Gasteiger partial charge in [-0.15, -0.1) is 0 Å². The third-order valence-electron chi connectivity index (χ3n) is 11.0. The highest BCUT2D eigenvalue weighted by Gasteiger charge is 2.59. The average molecular weight is 550 g/mol. The monoisotopic (exact) mass is 549 g/mol. The van der Waals surface area contributed by atoms with Crippen molar-refractivity contribution < 1.29 is 29.3 Å². The molecule has 216 valence electrons. The van der Waals surface area contributed by atoms with E-state index in [0.717, 1.165) is 38.5 Å². The maximum atomic E-state index is 12.9. The minimum atomic E-state index is -0.874. The van der Waals surface area contributed by atoms with Gasteiger partial charge in [0.1, 0.15) is 17.6 Å². The summed E-state index contributed by atoms with van der Waals surface area (Å²) in [6, 6.07) is 2.96. The van der Waals surface area contributed by atoms with E-state index in [9.17, 15) is 24.6 Å². The Kier molecular flexibility index (Phi) is 7.73. The molecule has 0 radical (unpaired) electrons. The molecular weight excluding hydrogens is 506 g/mol. The lowest BCUT2D eigenvalue weighted by molar-refractivity contribution is -0.160. The Bertz CT molecular complexity index is 1270. The molecule has 3 saturated carbocycles. The van der Waals surface area contributed by atoms with Gasteiger partial charge in [0, 0.05) is 23.8 Å². The molecule has 4 N–H and O–H groups in total. The van der Waals surface area contributed by atoms with E-state index in [4.69, 9.17) is 10.5 Å². The summed E-state index contributed by atoms with van der Waals surface area (Å²) in [6.45, 7) is 8.56.